The Labute approximate surface area is 176 Å². The molecule has 1 unspecified atom stereocenters. The molecule has 0 bridgehead atoms. The van der Waals surface area contributed by atoms with E-state index in [1.54, 1.807) is 29.4 Å². The lowest BCUT2D eigenvalue weighted by Gasteiger charge is -2.33. The smallest absolute Gasteiger partial charge is 0.257 e. The lowest BCUT2D eigenvalue weighted by molar-refractivity contribution is 0.0299. The fourth-order valence-corrected chi connectivity index (χ4v) is 3.97. The predicted octanol–water partition coefficient (Wildman–Crippen LogP) is 2.49. The van der Waals surface area contributed by atoms with Gasteiger partial charge in [0.25, 0.3) is 11.8 Å². The number of amides is 2. The van der Waals surface area contributed by atoms with E-state index in [0.29, 0.717) is 56.3 Å². The summed E-state index contributed by atoms with van der Waals surface area (Å²) in [4.78, 5) is 33.3. The Morgan fingerprint density at radius 3 is 2.67 bits per heavy atom. The Morgan fingerprint density at radius 2 is 1.87 bits per heavy atom. The summed E-state index contributed by atoms with van der Waals surface area (Å²) in [5, 5.41) is 0. The summed E-state index contributed by atoms with van der Waals surface area (Å²) in [6.07, 6.45) is 5.21. The molecule has 1 atom stereocenters. The molecule has 7 nitrogen and oxygen atoms in total. The molecule has 1 aromatic carbocycles. The second kappa shape index (κ2) is 9.71. The van der Waals surface area contributed by atoms with Gasteiger partial charge >= 0.3 is 0 Å². The molecule has 2 amide bonds. The number of aromatic nitrogens is 1. The molecule has 2 fully saturated rings. The van der Waals surface area contributed by atoms with Crippen LogP contribution in [0.1, 0.15) is 33.6 Å². The predicted molar refractivity (Wildman–Crippen MR) is 112 cm³/mol. The van der Waals surface area contributed by atoms with E-state index in [2.05, 4.69) is 4.98 Å². The molecule has 0 saturated carbocycles. The summed E-state index contributed by atoms with van der Waals surface area (Å²) in [7, 11) is 0. The number of hydrogen-bond acceptors (Lipinski definition) is 5. The van der Waals surface area contributed by atoms with Crippen molar-refractivity contribution in [2.24, 2.45) is 5.92 Å². The van der Waals surface area contributed by atoms with E-state index in [-0.39, 0.29) is 17.7 Å². The molecule has 0 aliphatic carbocycles. The van der Waals surface area contributed by atoms with Crippen LogP contribution in [0.15, 0.2) is 48.8 Å². The van der Waals surface area contributed by atoms with E-state index in [1.165, 1.54) is 0 Å². The largest absolute Gasteiger partial charge is 0.492 e. The lowest BCUT2D eigenvalue weighted by atomic mass is 9.98. The van der Waals surface area contributed by atoms with Crippen molar-refractivity contribution in [1.82, 2.24) is 14.8 Å². The van der Waals surface area contributed by atoms with E-state index >= 15 is 0 Å². The molecule has 1 aromatic heterocycles. The SMILES string of the molecule is O=C(c1cccnc1)N1CCCC(COc2ccccc2C(=O)N2CCOCC2)C1. The zero-order valence-corrected chi connectivity index (χ0v) is 17.0. The van der Waals surface area contributed by atoms with Crippen molar-refractivity contribution >= 4 is 11.8 Å². The third kappa shape index (κ3) is 4.79. The van der Waals surface area contributed by atoms with E-state index in [4.69, 9.17) is 9.47 Å². The maximum Gasteiger partial charge on any atom is 0.257 e. The number of benzene rings is 1. The van der Waals surface area contributed by atoms with Gasteiger partial charge in [-0.1, -0.05) is 12.1 Å². The quantitative estimate of drug-likeness (QED) is 0.759. The molecule has 2 aliphatic rings. The average molecular weight is 409 g/mol. The van der Waals surface area contributed by atoms with E-state index in [9.17, 15) is 9.59 Å². The number of hydrogen-bond donors (Lipinski definition) is 0. The highest BCUT2D eigenvalue weighted by atomic mass is 16.5. The van der Waals surface area contributed by atoms with Gasteiger partial charge in [0.15, 0.2) is 0 Å². The first-order valence-electron chi connectivity index (χ1n) is 10.5. The maximum atomic E-state index is 12.9. The van der Waals surface area contributed by atoms with Gasteiger partial charge < -0.3 is 19.3 Å². The summed E-state index contributed by atoms with van der Waals surface area (Å²) in [5.41, 5.74) is 1.19. The first-order chi connectivity index (χ1) is 14.7. The minimum absolute atomic E-state index is 0.00990. The minimum Gasteiger partial charge on any atom is -0.492 e. The molecule has 0 spiro atoms. The summed E-state index contributed by atoms with van der Waals surface area (Å²) >= 11 is 0. The van der Waals surface area contributed by atoms with Gasteiger partial charge in [0.1, 0.15) is 5.75 Å². The lowest BCUT2D eigenvalue weighted by Crippen LogP contribution is -2.42. The number of carbonyl (C=O) groups is 2. The van der Waals surface area contributed by atoms with Crippen LogP contribution in [0.2, 0.25) is 0 Å². The highest BCUT2D eigenvalue weighted by molar-refractivity contribution is 5.97. The van der Waals surface area contributed by atoms with E-state index in [0.717, 1.165) is 19.4 Å². The first kappa shape index (κ1) is 20.3. The van der Waals surface area contributed by atoms with Crippen molar-refractivity contribution in [3.63, 3.8) is 0 Å². The van der Waals surface area contributed by atoms with Crippen molar-refractivity contribution in [1.29, 1.82) is 0 Å². The number of pyridine rings is 1. The van der Waals surface area contributed by atoms with Crippen molar-refractivity contribution in [3.05, 3.63) is 59.9 Å². The summed E-state index contributed by atoms with van der Waals surface area (Å²) in [5.74, 6) is 0.817. The van der Waals surface area contributed by atoms with Crippen molar-refractivity contribution in [3.8, 4) is 5.75 Å². The molecule has 2 aromatic rings. The van der Waals surface area contributed by atoms with E-state index < -0.39 is 0 Å². The van der Waals surface area contributed by atoms with Gasteiger partial charge in [-0.2, -0.15) is 0 Å². The van der Waals surface area contributed by atoms with Crippen LogP contribution in [0, 0.1) is 5.92 Å². The topological polar surface area (TPSA) is 72.0 Å². The Bertz CT molecular complexity index is 868. The van der Waals surface area contributed by atoms with Crippen molar-refractivity contribution in [2.45, 2.75) is 12.8 Å². The van der Waals surface area contributed by atoms with Crippen molar-refractivity contribution in [2.75, 3.05) is 46.0 Å². The van der Waals surface area contributed by atoms with Crippen LogP contribution < -0.4 is 4.74 Å². The third-order valence-electron chi connectivity index (χ3n) is 5.60. The molecule has 7 heteroatoms. The zero-order valence-electron chi connectivity index (χ0n) is 17.0. The van der Waals surface area contributed by atoms with Gasteiger partial charge in [0.2, 0.25) is 0 Å². The van der Waals surface area contributed by atoms with Crippen LogP contribution in [-0.2, 0) is 4.74 Å². The summed E-state index contributed by atoms with van der Waals surface area (Å²) in [6.45, 7) is 4.20. The van der Waals surface area contributed by atoms with Gasteiger partial charge in [-0.25, -0.2) is 0 Å². The second-order valence-electron chi connectivity index (χ2n) is 7.71. The first-order valence-corrected chi connectivity index (χ1v) is 10.5. The molecule has 3 heterocycles. The monoisotopic (exact) mass is 409 g/mol. The number of carbonyl (C=O) groups excluding carboxylic acids is 2. The van der Waals surface area contributed by atoms with Gasteiger partial charge in [-0.15, -0.1) is 0 Å². The number of likely N-dealkylation sites (tertiary alicyclic amines) is 1. The van der Waals surface area contributed by atoms with E-state index in [1.807, 2.05) is 29.2 Å². The Hall–Kier alpha value is -2.93. The number of para-hydroxylation sites is 1. The number of rotatable bonds is 5. The second-order valence-corrected chi connectivity index (χ2v) is 7.71. The summed E-state index contributed by atoms with van der Waals surface area (Å²) in [6, 6.07) is 11.0. The maximum absolute atomic E-state index is 12.9. The fourth-order valence-electron chi connectivity index (χ4n) is 3.97. The molecule has 0 radical (unpaired) electrons. The molecule has 0 N–H and O–H groups in total. The van der Waals surface area contributed by atoms with Crippen LogP contribution in [0.3, 0.4) is 0 Å². The standard InChI is InChI=1S/C23H27N3O4/c27-22(19-6-3-9-24-15-19)26-10-4-5-18(16-26)17-30-21-8-2-1-7-20(21)23(28)25-11-13-29-14-12-25/h1-3,6-9,15,18H,4-5,10-14,16-17H2. The van der Waals surface area contributed by atoms with Crippen LogP contribution in [0.5, 0.6) is 5.75 Å². The zero-order chi connectivity index (χ0) is 20.8. The van der Waals surface area contributed by atoms with Gasteiger partial charge in [0, 0.05) is 44.5 Å². The fraction of sp³-hybridized carbons (Fsp3) is 0.435. The molecule has 158 valence electrons. The van der Waals surface area contributed by atoms with Crippen LogP contribution >= 0.6 is 0 Å². The van der Waals surface area contributed by atoms with Crippen LogP contribution in [0.25, 0.3) is 0 Å². The minimum atomic E-state index is -0.0223. The molecular formula is C23H27N3O4. The molecule has 2 saturated heterocycles. The highest BCUT2D eigenvalue weighted by Crippen LogP contribution is 2.24. The molecule has 30 heavy (non-hydrogen) atoms. The Kier molecular flexibility index (Phi) is 6.59. The third-order valence-corrected chi connectivity index (χ3v) is 5.60. The average Bonchev–Trinajstić information content (AvgIpc) is 2.83. The van der Waals surface area contributed by atoms with Gasteiger partial charge in [-0.05, 0) is 37.1 Å². The van der Waals surface area contributed by atoms with Gasteiger partial charge in [0.05, 0.1) is 30.9 Å². The number of ether oxygens (including phenoxy) is 2. The number of morpholine rings is 1. The Balaban J connectivity index is 1.37. The van der Waals surface area contributed by atoms with Crippen LogP contribution in [0.4, 0.5) is 0 Å². The molecular weight excluding hydrogens is 382 g/mol. The summed E-state index contributed by atoms with van der Waals surface area (Å²) < 4.78 is 11.4. The number of piperidine rings is 1. The molecule has 2 aliphatic heterocycles. The number of nitrogens with zero attached hydrogens (tertiary/aromatic N) is 3. The van der Waals surface area contributed by atoms with Crippen LogP contribution in [-0.4, -0.2) is 72.6 Å². The van der Waals surface area contributed by atoms with Crippen molar-refractivity contribution < 1.29 is 19.1 Å². The van der Waals surface area contributed by atoms with Gasteiger partial charge in [-0.3, -0.25) is 14.6 Å². The Morgan fingerprint density at radius 1 is 1.03 bits per heavy atom. The molecule has 4 rings (SSSR count). The highest BCUT2D eigenvalue weighted by Gasteiger charge is 2.26. The normalized spacial score (nSPS) is 19.4.